The van der Waals surface area contributed by atoms with E-state index in [9.17, 15) is 19.3 Å². The molecule has 150 valence electrons. The van der Waals surface area contributed by atoms with Crippen molar-refractivity contribution in [3.63, 3.8) is 0 Å². The highest BCUT2D eigenvalue weighted by Crippen LogP contribution is 2.23. The quantitative estimate of drug-likeness (QED) is 0.343. The van der Waals surface area contributed by atoms with Crippen molar-refractivity contribution >= 4 is 23.4 Å². The van der Waals surface area contributed by atoms with E-state index in [2.05, 4.69) is 15.5 Å². The van der Waals surface area contributed by atoms with Crippen molar-refractivity contribution in [2.24, 2.45) is 0 Å². The number of nitrogens with one attached hydrogen (secondary N) is 1. The number of amides is 1. The smallest absolute Gasteiger partial charge is 0.269 e. The Labute approximate surface area is 170 Å². The Morgan fingerprint density at radius 1 is 1.21 bits per heavy atom. The van der Waals surface area contributed by atoms with Crippen molar-refractivity contribution in [1.82, 2.24) is 20.1 Å². The zero-order valence-electron chi connectivity index (χ0n) is 15.5. The van der Waals surface area contributed by atoms with E-state index in [-0.39, 0.29) is 17.8 Å². The van der Waals surface area contributed by atoms with E-state index in [1.54, 1.807) is 18.2 Å². The summed E-state index contributed by atoms with van der Waals surface area (Å²) in [4.78, 5) is 22.5. The third-order valence-electron chi connectivity index (χ3n) is 4.15. The Morgan fingerprint density at radius 2 is 1.93 bits per heavy atom. The lowest BCUT2D eigenvalue weighted by Gasteiger charge is -2.09. The second-order valence-electron chi connectivity index (χ2n) is 6.02. The number of nitrogens with zero attached hydrogens (tertiary/aromatic N) is 4. The van der Waals surface area contributed by atoms with Gasteiger partial charge in [0.1, 0.15) is 5.82 Å². The summed E-state index contributed by atoms with van der Waals surface area (Å²) in [7, 11) is 0. The highest BCUT2D eigenvalue weighted by atomic mass is 32.2. The molecular weight excluding hydrogens is 397 g/mol. The molecule has 0 saturated carbocycles. The number of thioether (sulfide) groups is 1. The van der Waals surface area contributed by atoms with Gasteiger partial charge >= 0.3 is 0 Å². The van der Waals surface area contributed by atoms with Gasteiger partial charge in [0.25, 0.3) is 11.6 Å². The van der Waals surface area contributed by atoms with Crippen LogP contribution in [0.25, 0.3) is 0 Å². The molecule has 0 fully saturated rings. The molecule has 0 bridgehead atoms. The van der Waals surface area contributed by atoms with E-state index >= 15 is 0 Å². The molecule has 0 spiro atoms. The Bertz CT molecular complexity index is 1020. The fraction of sp³-hybridized carbons (Fsp3) is 0.211. The SMILES string of the molecule is CCn1c(CNC(=O)c2ccccc2F)nnc1SCc1ccc([N+](=O)[O-])cc1. The summed E-state index contributed by atoms with van der Waals surface area (Å²) in [5, 5.41) is 22.3. The summed E-state index contributed by atoms with van der Waals surface area (Å²) in [6, 6.07) is 12.1. The van der Waals surface area contributed by atoms with E-state index in [1.807, 2.05) is 11.5 Å². The number of rotatable bonds is 8. The van der Waals surface area contributed by atoms with Gasteiger partial charge < -0.3 is 9.88 Å². The van der Waals surface area contributed by atoms with Crippen LogP contribution in [0.1, 0.15) is 28.7 Å². The number of nitro groups is 1. The molecule has 3 aromatic rings. The second-order valence-corrected chi connectivity index (χ2v) is 6.96. The molecule has 0 unspecified atom stereocenters. The number of halogens is 1. The molecule has 0 radical (unpaired) electrons. The van der Waals surface area contributed by atoms with Gasteiger partial charge in [-0.3, -0.25) is 14.9 Å². The molecule has 29 heavy (non-hydrogen) atoms. The summed E-state index contributed by atoms with van der Waals surface area (Å²) < 4.78 is 15.6. The average Bonchev–Trinajstić information content (AvgIpc) is 3.13. The van der Waals surface area contributed by atoms with Crippen molar-refractivity contribution in [1.29, 1.82) is 0 Å². The zero-order chi connectivity index (χ0) is 20.8. The first-order chi connectivity index (χ1) is 14.0. The molecule has 1 heterocycles. The van der Waals surface area contributed by atoms with Crippen LogP contribution < -0.4 is 5.32 Å². The van der Waals surface area contributed by atoms with Gasteiger partial charge in [-0.1, -0.05) is 36.0 Å². The van der Waals surface area contributed by atoms with E-state index in [4.69, 9.17) is 0 Å². The van der Waals surface area contributed by atoms with E-state index in [1.165, 1.54) is 42.1 Å². The topological polar surface area (TPSA) is 103 Å². The van der Waals surface area contributed by atoms with E-state index in [0.29, 0.717) is 23.3 Å². The summed E-state index contributed by atoms with van der Waals surface area (Å²) >= 11 is 1.44. The van der Waals surface area contributed by atoms with Gasteiger partial charge in [0, 0.05) is 24.4 Å². The largest absolute Gasteiger partial charge is 0.345 e. The summed E-state index contributed by atoms with van der Waals surface area (Å²) in [5.74, 6) is 0.0241. The normalized spacial score (nSPS) is 10.7. The zero-order valence-corrected chi connectivity index (χ0v) is 16.4. The number of benzene rings is 2. The minimum atomic E-state index is -0.582. The molecule has 1 amide bonds. The van der Waals surface area contributed by atoms with Gasteiger partial charge in [-0.25, -0.2) is 4.39 Å². The first-order valence-corrected chi connectivity index (χ1v) is 9.79. The molecule has 0 aliphatic heterocycles. The van der Waals surface area contributed by atoms with E-state index < -0.39 is 16.6 Å². The second kappa shape index (κ2) is 9.28. The highest BCUT2D eigenvalue weighted by molar-refractivity contribution is 7.98. The molecule has 1 aromatic heterocycles. The van der Waals surface area contributed by atoms with Crippen LogP contribution in [-0.4, -0.2) is 25.6 Å². The minimum Gasteiger partial charge on any atom is -0.345 e. The summed E-state index contributed by atoms with van der Waals surface area (Å²) in [6.07, 6.45) is 0. The van der Waals surface area contributed by atoms with Crippen molar-refractivity contribution in [2.75, 3.05) is 0 Å². The number of non-ortho nitro benzene ring substituents is 1. The van der Waals surface area contributed by atoms with Crippen molar-refractivity contribution < 1.29 is 14.1 Å². The molecule has 0 atom stereocenters. The molecule has 8 nitrogen and oxygen atoms in total. The van der Waals surface area contributed by atoms with E-state index in [0.717, 1.165) is 5.56 Å². The summed E-state index contributed by atoms with van der Waals surface area (Å²) in [5.41, 5.74) is 0.937. The number of hydrogen-bond acceptors (Lipinski definition) is 6. The highest BCUT2D eigenvalue weighted by Gasteiger charge is 2.15. The van der Waals surface area contributed by atoms with Crippen LogP contribution in [0.2, 0.25) is 0 Å². The van der Waals surface area contributed by atoms with Crippen molar-refractivity contribution in [3.05, 3.63) is 81.4 Å². The standard InChI is InChI=1S/C19H18FN5O3S/c1-2-24-17(11-21-18(26)15-5-3-4-6-16(15)20)22-23-19(24)29-12-13-7-9-14(10-8-13)25(27)28/h3-10H,2,11-12H2,1H3,(H,21,26). The molecule has 0 aliphatic carbocycles. The lowest BCUT2D eigenvalue weighted by Crippen LogP contribution is -2.25. The first-order valence-electron chi connectivity index (χ1n) is 8.80. The fourth-order valence-electron chi connectivity index (χ4n) is 2.64. The van der Waals surface area contributed by atoms with Gasteiger partial charge in [-0.05, 0) is 24.6 Å². The Morgan fingerprint density at radius 3 is 2.59 bits per heavy atom. The maximum absolute atomic E-state index is 13.7. The molecule has 1 N–H and O–H groups in total. The van der Waals surface area contributed by atoms with Crippen LogP contribution in [0.4, 0.5) is 10.1 Å². The maximum Gasteiger partial charge on any atom is 0.269 e. The van der Waals surface area contributed by atoms with Crippen molar-refractivity contribution in [3.8, 4) is 0 Å². The lowest BCUT2D eigenvalue weighted by molar-refractivity contribution is -0.384. The fourth-order valence-corrected chi connectivity index (χ4v) is 3.61. The monoisotopic (exact) mass is 415 g/mol. The lowest BCUT2D eigenvalue weighted by atomic mass is 10.2. The van der Waals surface area contributed by atoms with Gasteiger partial charge in [0.2, 0.25) is 0 Å². The molecule has 0 aliphatic rings. The van der Waals surface area contributed by atoms with Gasteiger partial charge in [-0.2, -0.15) is 0 Å². The number of carbonyl (C=O) groups is 1. The number of aromatic nitrogens is 3. The van der Waals surface area contributed by atoms with Crippen LogP contribution in [0.3, 0.4) is 0 Å². The third kappa shape index (κ3) is 4.96. The molecular formula is C19H18FN5O3S. The minimum absolute atomic E-state index is 0.0252. The van der Waals surface area contributed by atoms with Crippen LogP contribution in [0, 0.1) is 15.9 Å². The van der Waals surface area contributed by atoms with Crippen LogP contribution in [0.15, 0.2) is 53.7 Å². The molecule has 0 saturated heterocycles. The number of nitro benzene ring substituents is 1. The Balaban J connectivity index is 1.63. The predicted octanol–water partition coefficient (Wildman–Crippen LogP) is 3.57. The summed E-state index contributed by atoms with van der Waals surface area (Å²) in [6.45, 7) is 2.65. The van der Waals surface area contributed by atoms with Crippen LogP contribution in [0.5, 0.6) is 0 Å². The Kier molecular flexibility index (Phi) is 6.55. The molecule has 2 aromatic carbocycles. The maximum atomic E-state index is 13.7. The molecule has 10 heteroatoms. The average molecular weight is 415 g/mol. The third-order valence-corrected chi connectivity index (χ3v) is 5.19. The number of carbonyl (C=O) groups excluding carboxylic acids is 1. The number of hydrogen-bond donors (Lipinski definition) is 1. The van der Waals surface area contributed by atoms with Gasteiger partial charge in [0.15, 0.2) is 11.0 Å². The molecule has 3 rings (SSSR count). The Hall–Kier alpha value is -3.27. The van der Waals surface area contributed by atoms with Crippen LogP contribution >= 0.6 is 11.8 Å². The van der Waals surface area contributed by atoms with Crippen molar-refractivity contribution in [2.45, 2.75) is 30.9 Å². The van der Waals surface area contributed by atoms with Crippen LogP contribution in [-0.2, 0) is 18.8 Å². The predicted molar refractivity (Wildman–Crippen MR) is 106 cm³/mol. The first kappa shape index (κ1) is 20.5. The van der Waals surface area contributed by atoms with Gasteiger partial charge in [-0.15, -0.1) is 10.2 Å². The van der Waals surface area contributed by atoms with Gasteiger partial charge in [0.05, 0.1) is 17.0 Å².